The Kier molecular flexibility index (Phi) is 8.47. The van der Waals surface area contributed by atoms with Gasteiger partial charge in [0, 0.05) is 58.2 Å². The van der Waals surface area contributed by atoms with Gasteiger partial charge in [-0.1, -0.05) is 11.6 Å². The van der Waals surface area contributed by atoms with Crippen LogP contribution >= 0.6 is 24.0 Å². The van der Waals surface area contributed by atoms with E-state index in [1.807, 2.05) is 0 Å². The predicted molar refractivity (Wildman–Crippen MR) is 153 cm³/mol. The summed E-state index contributed by atoms with van der Waals surface area (Å²) in [4.78, 5) is 46.1. The standard InChI is InChI=1S/C27H28ClF3N8O3.ClH/c1-36-21(19-14-39(17-3-4-17)35-22(19)27(29,30)31)13-33-23(36)24(40)34-16-2-5-18(20(28)10-16)26(42)38-8-6-37(7-9-38)25(41)15-11-32-12-15;/h2,5,10,13-15,17,32H,3-4,6-9,11-12H2,1H3,(H,34,40);1H. The molecule has 2 N–H and O–H groups in total. The van der Waals surface area contributed by atoms with Crippen molar-refractivity contribution in [3.05, 3.63) is 52.7 Å². The smallest absolute Gasteiger partial charge is 0.339 e. The number of carbonyl (C=O) groups is 3. The van der Waals surface area contributed by atoms with Crippen LogP contribution in [0.2, 0.25) is 5.02 Å². The van der Waals surface area contributed by atoms with Crippen molar-refractivity contribution < 1.29 is 27.6 Å². The quantitative estimate of drug-likeness (QED) is 0.426. The summed E-state index contributed by atoms with van der Waals surface area (Å²) in [6.45, 7) is 3.04. The van der Waals surface area contributed by atoms with Crippen molar-refractivity contribution in [3.63, 3.8) is 0 Å². The molecule has 1 aromatic carbocycles. The van der Waals surface area contributed by atoms with Crippen LogP contribution in [0.3, 0.4) is 0 Å². The number of amides is 3. The number of hydrogen-bond acceptors (Lipinski definition) is 6. The Bertz CT molecular complexity index is 1560. The maximum Gasteiger partial charge on any atom is 0.435 e. The van der Waals surface area contributed by atoms with E-state index in [2.05, 4.69) is 20.7 Å². The Morgan fingerprint density at radius 2 is 1.74 bits per heavy atom. The number of halogens is 5. The van der Waals surface area contributed by atoms with Gasteiger partial charge in [0.15, 0.2) is 11.5 Å². The van der Waals surface area contributed by atoms with Gasteiger partial charge in [-0.2, -0.15) is 18.3 Å². The molecule has 0 atom stereocenters. The van der Waals surface area contributed by atoms with Crippen molar-refractivity contribution in [2.24, 2.45) is 13.0 Å². The number of alkyl halides is 3. The number of nitrogens with zero attached hydrogens (tertiary/aromatic N) is 6. The fourth-order valence-corrected chi connectivity index (χ4v) is 5.42. The zero-order valence-electron chi connectivity index (χ0n) is 23.0. The molecule has 3 aliphatic rings. The molecule has 0 radical (unpaired) electrons. The van der Waals surface area contributed by atoms with Crippen LogP contribution in [-0.2, 0) is 18.0 Å². The lowest BCUT2D eigenvalue weighted by Crippen LogP contribution is -2.57. The Morgan fingerprint density at radius 3 is 2.33 bits per heavy atom. The van der Waals surface area contributed by atoms with Crippen molar-refractivity contribution in [2.45, 2.75) is 25.1 Å². The summed E-state index contributed by atoms with van der Waals surface area (Å²) >= 11 is 6.42. The molecule has 3 aromatic rings. The fourth-order valence-electron chi connectivity index (χ4n) is 5.16. The molecule has 4 heterocycles. The van der Waals surface area contributed by atoms with E-state index in [0.717, 1.165) is 12.8 Å². The summed E-state index contributed by atoms with van der Waals surface area (Å²) in [6, 6.07) is 4.40. The summed E-state index contributed by atoms with van der Waals surface area (Å²) in [7, 11) is 1.46. The van der Waals surface area contributed by atoms with Crippen molar-refractivity contribution in [1.82, 2.24) is 34.4 Å². The van der Waals surface area contributed by atoms with Gasteiger partial charge in [0.2, 0.25) is 5.91 Å². The summed E-state index contributed by atoms with van der Waals surface area (Å²) < 4.78 is 43.7. The monoisotopic (exact) mass is 640 g/mol. The first-order valence-electron chi connectivity index (χ1n) is 13.6. The highest BCUT2D eigenvalue weighted by Gasteiger charge is 2.40. The number of rotatable bonds is 6. The topological polar surface area (TPSA) is 117 Å². The highest BCUT2D eigenvalue weighted by Crippen LogP contribution is 2.41. The fraction of sp³-hybridized carbons (Fsp3) is 0.444. The number of anilines is 1. The van der Waals surface area contributed by atoms with E-state index in [1.165, 1.54) is 46.9 Å². The van der Waals surface area contributed by atoms with E-state index in [1.54, 1.807) is 9.80 Å². The minimum Gasteiger partial charge on any atom is -0.339 e. The maximum atomic E-state index is 13.7. The molecule has 230 valence electrons. The van der Waals surface area contributed by atoms with Crippen LogP contribution in [0.15, 0.2) is 30.6 Å². The van der Waals surface area contributed by atoms with Gasteiger partial charge in [-0.05, 0) is 31.0 Å². The van der Waals surface area contributed by atoms with Gasteiger partial charge < -0.3 is 25.0 Å². The second-order valence-electron chi connectivity index (χ2n) is 10.7. The number of imidazole rings is 1. The first kappa shape index (κ1) is 30.8. The van der Waals surface area contributed by atoms with Gasteiger partial charge in [0.05, 0.1) is 40.0 Å². The van der Waals surface area contributed by atoms with Gasteiger partial charge in [0.25, 0.3) is 11.8 Å². The Labute approximate surface area is 255 Å². The van der Waals surface area contributed by atoms with E-state index in [0.29, 0.717) is 39.3 Å². The summed E-state index contributed by atoms with van der Waals surface area (Å²) in [5.74, 6) is -0.946. The number of nitrogens with one attached hydrogen (secondary N) is 2. The zero-order chi connectivity index (χ0) is 29.8. The van der Waals surface area contributed by atoms with Crippen LogP contribution in [-0.4, -0.2) is 86.1 Å². The molecule has 1 aliphatic carbocycles. The van der Waals surface area contributed by atoms with E-state index < -0.39 is 17.8 Å². The van der Waals surface area contributed by atoms with Crippen LogP contribution in [0.4, 0.5) is 18.9 Å². The van der Waals surface area contributed by atoms with Gasteiger partial charge in [0.1, 0.15) is 0 Å². The maximum absolute atomic E-state index is 13.7. The number of aromatic nitrogens is 4. The molecule has 0 unspecified atom stereocenters. The predicted octanol–water partition coefficient (Wildman–Crippen LogP) is 3.47. The number of carbonyl (C=O) groups excluding carboxylic acids is 3. The average Bonchev–Trinajstić information content (AvgIpc) is 3.55. The van der Waals surface area contributed by atoms with Crippen LogP contribution in [0.25, 0.3) is 11.3 Å². The second-order valence-corrected chi connectivity index (χ2v) is 11.2. The highest BCUT2D eigenvalue weighted by atomic mass is 35.5. The Hall–Kier alpha value is -3.62. The lowest BCUT2D eigenvalue weighted by Gasteiger charge is -2.38. The first-order chi connectivity index (χ1) is 20.0. The minimum absolute atomic E-state index is 0. The average molecular weight is 641 g/mol. The molecule has 2 aliphatic heterocycles. The van der Waals surface area contributed by atoms with Crippen molar-refractivity contribution in [3.8, 4) is 11.3 Å². The van der Waals surface area contributed by atoms with Gasteiger partial charge >= 0.3 is 6.18 Å². The lowest BCUT2D eigenvalue weighted by molar-refractivity contribution is -0.141. The van der Waals surface area contributed by atoms with E-state index in [9.17, 15) is 27.6 Å². The number of benzene rings is 1. The van der Waals surface area contributed by atoms with Gasteiger partial charge in [-0.25, -0.2) is 4.98 Å². The lowest BCUT2D eigenvalue weighted by atomic mass is 10.0. The van der Waals surface area contributed by atoms with Crippen LogP contribution in [0, 0.1) is 5.92 Å². The molecular formula is C27H29Cl2F3N8O3. The summed E-state index contributed by atoms with van der Waals surface area (Å²) in [5, 5.41) is 9.61. The van der Waals surface area contributed by atoms with Crippen molar-refractivity contribution >= 4 is 47.4 Å². The molecule has 2 aromatic heterocycles. The third kappa shape index (κ3) is 6.08. The van der Waals surface area contributed by atoms with Crippen LogP contribution in [0.1, 0.15) is 45.6 Å². The molecule has 16 heteroatoms. The van der Waals surface area contributed by atoms with Crippen molar-refractivity contribution in [2.75, 3.05) is 44.6 Å². The molecule has 3 amide bonds. The molecule has 6 rings (SSSR count). The minimum atomic E-state index is -4.67. The SMILES string of the molecule is Cl.Cn1c(-c2cn(C3CC3)nc2C(F)(F)F)cnc1C(=O)Nc1ccc(C(=O)N2CCN(C(=O)C3CNC3)CC2)c(Cl)c1. The molecule has 1 saturated carbocycles. The van der Waals surface area contributed by atoms with E-state index in [-0.39, 0.29) is 69.5 Å². The van der Waals surface area contributed by atoms with E-state index >= 15 is 0 Å². The molecule has 11 nitrogen and oxygen atoms in total. The zero-order valence-corrected chi connectivity index (χ0v) is 24.6. The third-order valence-electron chi connectivity index (χ3n) is 7.86. The third-order valence-corrected chi connectivity index (χ3v) is 8.17. The summed E-state index contributed by atoms with van der Waals surface area (Å²) in [6.07, 6.45) is -0.584. The Morgan fingerprint density at radius 1 is 1.07 bits per heavy atom. The molecule has 0 spiro atoms. The number of hydrogen-bond donors (Lipinski definition) is 2. The van der Waals surface area contributed by atoms with Crippen LogP contribution in [0.5, 0.6) is 0 Å². The Balaban J connectivity index is 0.00000368. The second kappa shape index (κ2) is 11.8. The molecular weight excluding hydrogens is 612 g/mol. The normalized spacial score (nSPS) is 17.3. The molecule has 0 bridgehead atoms. The number of piperazine rings is 1. The van der Waals surface area contributed by atoms with Crippen molar-refractivity contribution in [1.29, 1.82) is 0 Å². The van der Waals surface area contributed by atoms with E-state index in [4.69, 9.17) is 11.6 Å². The van der Waals surface area contributed by atoms with Gasteiger partial charge in [-0.3, -0.25) is 19.1 Å². The molecule has 3 fully saturated rings. The molecule has 2 saturated heterocycles. The highest BCUT2D eigenvalue weighted by molar-refractivity contribution is 6.34. The summed E-state index contributed by atoms with van der Waals surface area (Å²) in [5.41, 5.74) is -0.540. The first-order valence-corrected chi connectivity index (χ1v) is 14.0. The van der Waals surface area contributed by atoms with Gasteiger partial charge in [-0.15, -0.1) is 12.4 Å². The molecule has 43 heavy (non-hydrogen) atoms. The largest absolute Gasteiger partial charge is 0.435 e. The van der Waals surface area contributed by atoms with Crippen LogP contribution < -0.4 is 10.6 Å².